The van der Waals surface area contributed by atoms with Gasteiger partial charge in [-0.15, -0.1) is 12.6 Å². The number of hydrogen-bond acceptors (Lipinski definition) is 3. The van der Waals surface area contributed by atoms with Crippen LogP contribution in [0.15, 0.2) is 23.2 Å². The van der Waals surface area contributed by atoms with Crippen LogP contribution in [0.1, 0.15) is 5.56 Å². The van der Waals surface area contributed by atoms with Crippen LogP contribution < -0.4 is 9.47 Å². The van der Waals surface area contributed by atoms with Crippen LogP contribution in [-0.2, 0) is 0 Å². The first kappa shape index (κ1) is 9.40. The lowest BCUT2D eigenvalue weighted by atomic mass is 10.2. The van der Waals surface area contributed by atoms with Crippen LogP contribution in [0.3, 0.4) is 0 Å². The first-order valence-electron chi connectivity index (χ1n) is 4.37. The molecule has 0 unspecified atom stereocenters. The van der Waals surface area contributed by atoms with Crippen molar-refractivity contribution in [3.63, 3.8) is 0 Å². The van der Waals surface area contributed by atoms with Gasteiger partial charge in [0.05, 0.1) is 5.04 Å². The van der Waals surface area contributed by atoms with Gasteiger partial charge in [0.2, 0.25) is 0 Å². The number of fused-ring (bicyclic) bond motifs is 1. The predicted molar refractivity (Wildman–Crippen MR) is 58.9 cm³/mol. The van der Waals surface area contributed by atoms with Crippen LogP contribution in [-0.4, -0.2) is 25.3 Å². The second kappa shape index (κ2) is 3.92. The Morgan fingerprint density at radius 1 is 1.29 bits per heavy atom. The molecule has 0 saturated carbocycles. The first-order valence-corrected chi connectivity index (χ1v) is 4.82. The molecule has 0 aliphatic carbocycles. The van der Waals surface area contributed by atoms with Crippen molar-refractivity contribution >= 4 is 17.7 Å². The Hall–Kier alpha value is -1.16. The molecule has 0 aromatic heterocycles. The van der Waals surface area contributed by atoms with E-state index < -0.39 is 0 Å². The van der Waals surface area contributed by atoms with Crippen LogP contribution in [0.25, 0.3) is 0 Å². The smallest absolute Gasteiger partial charge is 0.162 e. The van der Waals surface area contributed by atoms with E-state index in [1.54, 1.807) is 7.05 Å². The van der Waals surface area contributed by atoms with Crippen LogP contribution in [0.5, 0.6) is 11.5 Å². The van der Waals surface area contributed by atoms with Crippen LogP contribution in [0.2, 0.25) is 0 Å². The zero-order valence-corrected chi connectivity index (χ0v) is 8.75. The molecule has 1 heterocycles. The molecule has 74 valence electrons. The van der Waals surface area contributed by atoms with Gasteiger partial charge in [-0.3, -0.25) is 4.99 Å². The molecule has 2 rings (SSSR count). The number of rotatable bonds is 1. The lowest BCUT2D eigenvalue weighted by molar-refractivity contribution is 0.171. The van der Waals surface area contributed by atoms with E-state index >= 15 is 0 Å². The van der Waals surface area contributed by atoms with Gasteiger partial charge in [0, 0.05) is 12.6 Å². The Morgan fingerprint density at radius 3 is 2.71 bits per heavy atom. The fraction of sp³-hybridized carbons (Fsp3) is 0.300. The molecule has 4 heteroatoms. The molecule has 0 spiro atoms. The summed E-state index contributed by atoms with van der Waals surface area (Å²) in [6.07, 6.45) is 0. The van der Waals surface area contributed by atoms with Crippen molar-refractivity contribution in [2.24, 2.45) is 4.99 Å². The maximum absolute atomic E-state index is 5.44. The molecule has 0 radical (unpaired) electrons. The highest BCUT2D eigenvalue weighted by Gasteiger charge is 2.12. The van der Waals surface area contributed by atoms with E-state index in [0.717, 1.165) is 17.1 Å². The number of thiol groups is 1. The molecular formula is C10H11NO2S. The van der Waals surface area contributed by atoms with Gasteiger partial charge in [-0.25, -0.2) is 0 Å². The first-order chi connectivity index (χ1) is 6.81. The molecule has 0 N–H and O–H groups in total. The molecule has 1 aromatic rings. The molecule has 0 saturated heterocycles. The van der Waals surface area contributed by atoms with Gasteiger partial charge < -0.3 is 9.47 Å². The summed E-state index contributed by atoms with van der Waals surface area (Å²) in [5.41, 5.74) is 0.945. The number of hydrogen-bond donors (Lipinski definition) is 1. The zero-order chi connectivity index (χ0) is 9.97. The fourth-order valence-electron chi connectivity index (χ4n) is 1.31. The normalized spacial score (nSPS) is 15.4. The Labute approximate surface area is 88.2 Å². The van der Waals surface area contributed by atoms with Crippen molar-refractivity contribution in [1.82, 2.24) is 0 Å². The SMILES string of the molecule is C/N=C(\S)c1ccc2c(c1)OCCO2. The highest BCUT2D eigenvalue weighted by Crippen LogP contribution is 2.31. The maximum atomic E-state index is 5.44. The number of nitrogens with zero attached hydrogens (tertiary/aromatic N) is 1. The molecular weight excluding hydrogens is 198 g/mol. The van der Waals surface area contributed by atoms with Crippen LogP contribution in [0, 0.1) is 0 Å². The average Bonchev–Trinajstić information content (AvgIpc) is 2.27. The molecule has 0 fully saturated rings. The second-order valence-electron chi connectivity index (χ2n) is 2.91. The quantitative estimate of drug-likeness (QED) is 0.434. The molecule has 1 aliphatic rings. The third kappa shape index (κ3) is 1.70. The average molecular weight is 209 g/mol. The topological polar surface area (TPSA) is 30.8 Å². The highest BCUT2D eigenvalue weighted by molar-refractivity contribution is 7.97. The number of ether oxygens (including phenoxy) is 2. The van der Waals surface area contributed by atoms with Gasteiger partial charge in [0.1, 0.15) is 13.2 Å². The molecule has 0 amide bonds. The van der Waals surface area contributed by atoms with Crippen molar-refractivity contribution in [3.05, 3.63) is 23.8 Å². The predicted octanol–water partition coefficient (Wildman–Crippen LogP) is 1.76. The summed E-state index contributed by atoms with van der Waals surface area (Å²) in [5.74, 6) is 1.56. The summed E-state index contributed by atoms with van der Waals surface area (Å²) in [6.45, 7) is 1.21. The van der Waals surface area contributed by atoms with Gasteiger partial charge in [0.15, 0.2) is 11.5 Å². The maximum Gasteiger partial charge on any atom is 0.162 e. The minimum absolute atomic E-state index is 0.599. The zero-order valence-electron chi connectivity index (χ0n) is 7.86. The molecule has 1 aromatic carbocycles. The third-order valence-electron chi connectivity index (χ3n) is 2.01. The summed E-state index contributed by atoms with van der Waals surface area (Å²) in [7, 11) is 1.71. The summed E-state index contributed by atoms with van der Waals surface area (Å²) >= 11 is 4.24. The van der Waals surface area contributed by atoms with Crippen molar-refractivity contribution in [2.75, 3.05) is 20.3 Å². The third-order valence-corrected chi connectivity index (χ3v) is 2.47. The lowest BCUT2D eigenvalue weighted by Gasteiger charge is -2.18. The Morgan fingerprint density at radius 2 is 2.00 bits per heavy atom. The second-order valence-corrected chi connectivity index (χ2v) is 3.33. The largest absolute Gasteiger partial charge is 0.486 e. The number of benzene rings is 1. The van der Waals surface area contributed by atoms with E-state index in [2.05, 4.69) is 17.6 Å². The van der Waals surface area contributed by atoms with Crippen LogP contribution >= 0.6 is 12.6 Å². The summed E-state index contributed by atoms with van der Waals surface area (Å²) < 4.78 is 10.8. The van der Waals surface area contributed by atoms with E-state index in [0.29, 0.717) is 18.3 Å². The monoisotopic (exact) mass is 209 g/mol. The Bertz CT molecular complexity index is 376. The fourth-order valence-corrected chi connectivity index (χ4v) is 1.45. The van der Waals surface area contributed by atoms with Crippen molar-refractivity contribution < 1.29 is 9.47 Å². The van der Waals surface area contributed by atoms with Gasteiger partial charge in [-0.05, 0) is 18.2 Å². The van der Waals surface area contributed by atoms with Gasteiger partial charge in [0.25, 0.3) is 0 Å². The summed E-state index contributed by atoms with van der Waals surface area (Å²) in [4.78, 5) is 3.99. The van der Waals surface area contributed by atoms with Gasteiger partial charge >= 0.3 is 0 Å². The minimum atomic E-state index is 0.599. The molecule has 14 heavy (non-hydrogen) atoms. The summed E-state index contributed by atoms with van der Waals surface area (Å²) in [6, 6.07) is 5.69. The highest BCUT2D eigenvalue weighted by atomic mass is 32.1. The Kier molecular flexibility index (Phi) is 2.63. The van der Waals surface area contributed by atoms with Gasteiger partial charge in [-0.2, -0.15) is 0 Å². The van der Waals surface area contributed by atoms with Crippen molar-refractivity contribution in [3.8, 4) is 11.5 Å². The molecule has 0 atom stereocenters. The molecule has 0 bridgehead atoms. The van der Waals surface area contributed by atoms with Gasteiger partial charge in [-0.1, -0.05) is 0 Å². The Balaban J connectivity index is 2.38. The van der Waals surface area contributed by atoms with Crippen LogP contribution in [0.4, 0.5) is 0 Å². The molecule has 3 nitrogen and oxygen atoms in total. The number of aliphatic imine (C=N–C) groups is 1. The van der Waals surface area contributed by atoms with E-state index in [1.807, 2.05) is 18.2 Å². The van der Waals surface area contributed by atoms with E-state index in [-0.39, 0.29) is 0 Å². The van der Waals surface area contributed by atoms with E-state index in [9.17, 15) is 0 Å². The van der Waals surface area contributed by atoms with E-state index in [1.165, 1.54) is 0 Å². The molecule has 1 aliphatic heterocycles. The minimum Gasteiger partial charge on any atom is -0.486 e. The lowest BCUT2D eigenvalue weighted by Crippen LogP contribution is -2.15. The van der Waals surface area contributed by atoms with E-state index in [4.69, 9.17) is 9.47 Å². The summed E-state index contributed by atoms with van der Waals surface area (Å²) in [5, 5.41) is 0.696. The standard InChI is InChI=1S/C10H11NO2S/c1-11-10(14)7-2-3-8-9(6-7)13-5-4-12-8/h2-3,6H,4-5H2,1H3,(H,11,14). The van der Waals surface area contributed by atoms with Crippen molar-refractivity contribution in [1.29, 1.82) is 0 Å². The van der Waals surface area contributed by atoms with Crippen molar-refractivity contribution in [2.45, 2.75) is 0 Å².